The number of carbonyl (C=O) groups excluding carboxylic acids is 1. The molecule has 4 aliphatic rings. The molecular formula is C62H78O11Si2. The standard InChI is InChI=1S/C62H78O11Si2/c1-8-74(9-2,10-3)73-59-55(70-54-28-19-20-38-65-58(54)60(59)66-42-44-31-32-45-22-17-18-23-47(45)40-44)41-57(63)71-51-29-21-30-52-56(43-67-61(72-52)46-33-35-48(64-7)36-34-46)69-53(51)37-39-68-75(62(4,5)6,49-24-13-11-14-25-49)50-26-15-12-16-27-50/h11-27,30-36,40,51-56,58-61H,8-10,28-29,37-39,41-43H2,1-7H3/b30-21-/t51-,52+,53+,54+,55-,56-,58+,59-,60-,61-/m1/s1. The highest BCUT2D eigenvalue weighted by atomic mass is 28.4. The van der Waals surface area contributed by atoms with Crippen molar-refractivity contribution in [2.45, 2.75) is 158 Å². The lowest BCUT2D eigenvalue weighted by atomic mass is 9.91. The minimum atomic E-state index is -2.92. The molecule has 75 heavy (non-hydrogen) atoms. The summed E-state index contributed by atoms with van der Waals surface area (Å²) in [5.74, 6) is 0.362. The topological polar surface area (TPSA) is 109 Å². The third-order valence-corrected chi connectivity index (χ3v) is 25.6. The van der Waals surface area contributed by atoms with Crippen molar-refractivity contribution >= 4 is 43.7 Å². The first-order valence-corrected chi connectivity index (χ1v) is 31.8. The molecule has 0 spiro atoms. The summed E-state index contributed by atoms with van der Waals surface area (Å²) in [6.07, 6.45) is 4.44. The predicted molar refractivity (Wildman–Crippen MR) is 298 cm³/mol. The maximum Gasteiger partial charge on any atom is 0.308 e. The molecule has 2 saturated heterocycles. The van der Waals surface area contributed by atoms with E-state index in [4.69, 9.17) is 46.7 Å². The largest absolute Gasteiger partial charge is 0.497 e. The molecular weight excluding hydrogens is 977 g/mol. The van der Waals surface area contributed by atoms with Gasteiger partial charge in [-0.05, 0) is 80.9 Å². The molecule has 0 bridgehead atoms. The number of benzene rings is 5. The number of hydrogen-bond acceptors (Lipinski definition) is 11. The molecule has 0 amide bonds. The van der Waals surface area contributed by atoms with Gasteiger partial charge in [0.2, 0.25) is 0 Å². The van der Waals surface area contributed by atoms with E-state index in [0.29, 0.717) is 39.1 Å². The van der Waals surface area contributed by atoms with Gasteiger partial charge in [0.05, 0.1) is 51.7 Å². The van der Waals surface area contributed by atoms with Crippen molar-refractivity contribution in [3.63, 3.8) is 0 Å². The maximum atomic E-state index is 14.9. The fraction of sp³-hybridized carbons (Fsp3) is 0.468. The van der Waals surface area contributed by atoms with Crippen LogP contribution in [0.25, 0.3) is 10.8 Å². The Balaban J connectivity index is 1.00. The van der Waals surface area contributed by atoms with Gasteiger partial charge in [-0.2, -0.15) is 0 Å². The Kier molecular flexibility index (Phi) is 18.4. The van der Waals surface area contributed by atoms with Crippen LogP contribution in [0.15, 0.2) is 152 Å². The SMILES string of the molecule is CC[Si](CC)(CC)O[C@H]1[C@H](OCc2ccc3ccccc3c2)[C@H]2OCC=CC[C@@H]2O[C@@H]1CC(=O)O[C@@H]1C/C=C\[C@@H]2O[C@H](c3ccc(OC)cc3)OC[C@H]2O[C@H]1CCO[Si](c1ccccc1)(c1ccccc1)C(C)(C)C. The average Bonchev–Trinajstić information content (AvgIpc) is 3.70. The fourth-order valence-corrected chi connectivity index (χ4v) is 19.0. The minimum Gasteiger partial charge on any atom is -0.497 e. The number of hydrogen-bond donors (Lipinski definition) is 0. The molecule has 5 aromatic rings. The molecule has 0 radical (unpaired) electrons. The lowest BCUT2D eigenvalue weighted by Crippen LogP contribution is -2.66. The quantitative estimate of drug-likeness (QED) is 0.0448. The van der Waals surface area contributed by atoms with Gasteiger partial charge in [0, 0.05) is 18.6 Å². The van der Waals surface area contributed by atoms with Gasteiger partial charge in [0.25, 0.3) is 8.32 Å². The van der Waals surface area contributed by atoms with E-state index in [2.05, 4.69) is 157 Å². The van der Waals surface area contributed by atoms with Crippen LogP contribution in [-0.4, -0.2) is 104 Å². The van der Waals surface area contributed by atoms with Crippen LogP contribution in [0.2, 0.25) is 23.2 Å². The highest BCUT2D eigenvalue weighted by molar-refractivity contribution is 6.99. The third-order valence-electron chi connectivity index (χ3n) is 15.9. The van der Waals surface area contributed by atoms with Crippen LogP contribution >= 0.6 is 0 Å². The molecule has 0 N–H and O–H groups in total. The molecule has 13 heteroatoms. The van der Waals surface area contributed by atoms with Crippen molar-refractivity contribution in [3.8, 4) is 5.75 Å². The fourth-order valence-electron chi connectivity index (χ4n) is 11.6. The first-order chi connectivity index (χ1) is 36.5. The molecule has 400 valence electrons. The Morgan fingerprint density at radius 2 is 1.37 bits per heavy atom. The number of carbonyl (C=O) groups is 1. The summed E-state index contributed by atoms with van der Waals surface area (Å²) < 4.78 is 67.8. The second kappa shape index (κ2) is 25.1. The maximum absolute atomic E-state index is 14.9. The molecule has 2 fully saturated rings. The molecule has 11 nitrogen and oxygen atoms in total. The van der Waals surface area contributed by atoms with Gasteiger partial charge >= 0.3 is 5.97 Å². The van der Waals surface area contributed by atoms with Gasteiger partial charge in [0.1, 0.15) is 42.4 Å². The van der Waals surface area contributed by atoms with Gasteiger partial charge in [-0.1, -0.05) is 175 Å². The van der Waals surface area contributed by atoms with Crippen LogP contribution in [0.3, 0.4) is 0 Å². The Morgan fingerprint density at radius 1 is 0.693 bits per heavy atom. The average molecular weight is 1060 g/mol. The zero-order valence-corrected chi connectivity index (χ0v) is 47.0. The van der Waals surface area contributed by atoms with Crippen LogP contribution in [0.1, 0.15) is 84.6 Å². The molecule has 0 aliphatic carbocycles. The van der Waals surface area contributed by atoms with Gasteiger partial charge in [-0.15, -0.1) is 0 Å². The molecule has 9 rings (SSSR count). The van der Waals surface area contributed by atoms with E-state index in [1.54, 1.807) is 7.11 Å². The first kappa shape index (κ1) is 55.0. The van der Waals surface area contributed by atoms with Crippen LogP contribution in [0.4, 0.5) is 0 Å². The van der Waals surface area contributed by atoms with E-state index in [1.807, 2.05) is 36.4 Å². The van der Waals surface area contributed by atoms with E-state index in [9.17, 15) is 4.79 Å². The number of fused-ring (bicyclic) bond motifs is 3. The summed E-state index contributed by atoms with van der Waals surface area (Å²) >= 11 is 0. The molecule has 4 heterocycles. The summed E-state index contributed by atoms with van der Waals surface area (Å²) in [4.78, 5) is 14.9. The lowest BCUT2D eigenvalue weighted by Gasteiger charge is -2.48. The number of ether oxygens (including phenoxy) is 8. The van der Waals surface area contributed by atoms with E-state index in [-0.39, 0.29) is 24.2 Å². The van der Waals surface area contributed by atoms with Crippen molar-refractivity contribution in [1.82, 2.24) is 0 Å². The summed E-state index contributed by atoms with van der Waals surface area (Å²) in [6.45, 7) is 14.9. The van der Waals surface area contributed by atoms with Gasteiger partial charge in [-0.25, -0.2) is 0 Å². The van der Waals surface area contributed by atoms with Gasteiger partial charge in [-0.3, -0.25) is 4.79 Å². The molecule has 0 aromatic heterocycles. The van der Waals surface area contributed by atoms with E-state index >= 15 is 0 Å². The van der Waals surface area contributed by atoms with Crippen LogP contribution < -0.4 is 15.1 Å². The van der Waals surface area contributed by atoms with E-state index < -0.39 is 77.7 Å². The van der Waals surface area contributed by atoms with Gasteiger partial charge < -0.3 is 46.7 Å². The molecule has 4 aliphatic heterocycles. The van der Waals surface area contributed by atoms with Crippen molar-refractivity contribution in [2.24, 2.45) is 0 Å². The number of methoxy groups -OCH3 is 1. The highest BCUT2D eigenvalue weighted by Gasteiger charge is 2.53. The smallest absolute Gasteiger partial charge is 0.308 e. The van der Waals surface area contributed by atoms with Crippen molar-refractivity contribution in [2.75, 3.05) is 26.9 Å². The van der Waals surface area contributed by atoms with Gasteiger partial charge in [0.15, 0.2) is 14.6 Å². The molecule has 0 saturated carbocycles. The van der Waals surface area contributed by atoms with Crippen molar-refractivity contribution in [1.29, 1.82) is 0 Å². The van der Waals surface area contributed by atoms with Crippen LogP contribution in [-0.2, 0) is 53.4 Å². The predicted octanol–water partition coefficient (Wildman–Crippen LogP) is 11.3. The van der Waals surface area contributed by atoms with Crippen LogP contribution in [0, 0.1) is 0 Å². The summed E-state index contributed by atoms with van der Waals surface area (Å²) in [7, 11) is -3.58. The molecule has 5 aromatic carbocycles. The van der Waals surface area contributed by atoms with Crippen molar-refractivity contribution < 1.29 is 51.5 Å². The zero-order chi connectivity index (χ0) is 52.4. The van der Waals surface area contributed by atoms with Crippen molar-refractivity contribution in [3.05, 3.63) is 163 Å². The van der Waals surface area contributed by atoms with E-state index in [1.165, 1.54) is 15.8 Å². The normalized spacial score (nSPS) is 26.8. The summed E-state index contributed by atoms with van der Waals surface area (Å²) in [5, 5.41) is 4.47. The molecule has 0 unspecified atom stereocenters. The third kappa shape index (κ3) is 12.7. The number of esters is 1. The Labute approximate surface area is 447 Å². The van der Waals surface area contributed by atoms with E-state index in [0.717, 1.165) is 40.4 Å². The Bertz CT molecular complexity index is 2610. The summed E-state index contributed by atoms with van der Waals surface area (Å²) in [5.41, 5.74) is 1.94. The zero-order valence-electron chi connectivity index (χ0n) is 45.0. The lowest BCUT2D eigenvalue weighted by molar-refractivity contribution is -0.268. The Hall–Kier alpha value is -4.78. The summed E-state index contributed by atoms with van der Waals surface area (Å²) in [6, 6.07) is 46.5. The second-order valence-electron chi connectivity index (χ2n) is 21.5. The molecule has 10 atom stereocenters. The second-order valence-corrected chi connectivity index (χ2v) is 30.5. The monoisotopic (exact) mass is 1050 g/mol. The number of rotatable bonds is 19. The first-order valence-electron chi connectivity index (χ1n) is 27.3. The van der Waals surface area contributed by atoms with Crippen LogP contribution in [0.5, 0.6) is 5.75 Å². The Morgan fingerprint density at radius 3 is 2.05 bits per heavy atom. The minimum absolute atomic E-state index is 0.0393. The highest BCUT2D eigenvalue weighted by Crippen LogP contribution is 2.40.